The van der Waals surface area contributed by atoms with Crippen LogP contribution in [0.15, 0.2) is 18.2 Å². The summed E-state index contributed by atoms with van der Waals surface area (Å²) in [6.45, 7) is 2.45. The molecule has 1 nitrogen and oxygen atoms in total. The highest BCUT2D eigenvalue weighted by atomic mass is 19.1. The van der Waals surface area contributed by atoms with Crippen LogP contribution in [0.4, 0.5) is 4.39 Å². The molecule has 3 aliphatic carbocycles. The number of ether oxygens (including phenoxy) is 1. The Morgan fingerprint density at radius 1 is 0.808 bits per heavy atom. The van der Waals surface area contributed by atoms with Gasteiger partial charge in [0.1, 0.15) is 11.6 Å². The topological polar surface area (TPSA) is 9.23 Å². The monoisotopic (exact) mass is 358 g/mol. The summed E-state index contributed by atoms with van der Waals surface area (Å²) >= 11 is 0. The second kappa shape index (κ2) is 7.90. The highest BCUT2D eigenvalue weighted by molar-refractivity contribution is 5.31. The molecular weight excluding hydrogens is 323 g/mol. The van der Waals surface area contributed by atoms with Gasteiger partial charge in [-0.2, -0.15) is 0 Å². The number of hydrogen-bond donors (Lipinski definition) is 0. The standard InChI is InChI=1S/C24H35FO/c1-16-3-4-21-14-20(10-9-19(21)13-16)17-5-7-18(8-6-17)23-12-11-22(26-2)15-24(23)25/h11-12,15-21H,3-10,13-14H2,1-2H3. The van der Waals surface area contributed by atoms with Crippen LogP contribution in [-0.2, 0) is 0 Å². The first-order valence-electron chi connectivity index (χ1n) is 11.0. The second-order valence-electron chi connectivity index (χ2n) is 9.51. The molecule has 0 amide bonds. The average Bonchev–Trinajstić information content (AvgIpc) is 2.67. The van der Waals surface area contributed by atoms with Crippen molar-refractivity contribution in [3.05, 3.63) is 29.6 Å². The third kappa shape index (κ3) is 3.80. The van der Waals surface area contributed by atoms with Gasteiger partial charge in [-0.25, -0.2) is 4.39 Å². The summed E-state index contributed by atoms with van der Waals surface area (Å²) in [4.78, 5) is 0. The molecule has 1 aromatic rings. The highest BCUT2D eigenvalue weighted by Gasteiger charge is 2.38. The molecule has 0 aromatic heterocycles. The van der Waals surface area contributed by atoms with Crippen LogP contribution in [0.2, 0.25) is 0 Å². The molecule has 0 heterocycles. The first-order valence-corrected chi connectivity index (χ1v) is 11.0. The van der Waals surface area contributed by atoms with Crippen molar-refractivity contribution in [3.8, 4) is 5.75 Å². The molecule has 26 heavy (non-hydrogen) atoms. The molecule has 4 atom stereocenters. The van der Waals surface area contributed by atoms with E-state index in [1.807, 2.05) is 12.1 Å². The molecular formula is C24H35FO. The Morgan fingerprint density at radius 3 is 2.12 bits per heavy atom. The molecule has 0 radical (unpaired) electrons. The number of halogens is 1. The van der Waals surface area contributed by atoms with Crippen molar-refractivity contribution in [2.24, 2.45) is 29.6 Å². The van der Waals surface area contributed by atoms with Crippen LogP contribution >= 0.6 is 0 Å². The molecule has 2 heteroatoms. The van der Waals surface area contributed by atoms with Crippen molar-refractivity contribution in [2.45, 2.75) is 77.0 Å². The number of benzene rings is 1. The molecule has 3 aliphatic rings. The molecule has 144 valence electrons. The van der Waals surface area contributed by atoms with Gasteiger partial charge >= 0.3 is 0 Å². The molecule has 4 rings (SSSR count). The van der Waals surface area contributed by atoms with Crippen molar-refractivity contribution < 1.29 is 9.13 Å². The van der Waals surface area contributed by atoms with Gasteiger partial charge in [0.05, 0.1) is 7.11 Å². The van der Waals surface area contributed by atoms with Crippen LogP contribution < -0.4 is 4.74 Å². The summed E-state index contributed by atoms with van der Waals surface area (Å²) in [5.74, 6) is 5.80. The van der Waals surface area contributed by atoms with Crippen molar-refractivity contribution in [2.75, 3.05) is 7.11 Å². The molecule has 0 N–H and O–H groups in total. The number of rotatable bonds is 3. The number of methoxy groups -OCH3 is 1. The van der Waals surface area contributed by atoms with Gasteiger partial charge in [-0.3, -0.25) is 0 Å². The van der Waals surface area contributed by atoms with Gasteiger partial charge in [0.2, 0.25) is 0 Å². The molecule has 0 aliphatic heterocycles. The minimum absolute atomic E-state index is 0.0790. The zero-order chi connectivity index (χ0) is 18.1. The van der Waals surface area contributed by atoms with Gasteiger partial charge < -0.3 is 4.74 Å². The smallest absolute Gasteiger partial charge is 0.130 e. The predicted octanol–water partition coefficient (Wildman–Crippen LogP) is 6.96. The van der Waals surface area contributed by atoms with E-state index in [1.54, 1.807) is 13.2 Å². The van der Waals surface area contributed by atoms with E-state index in [0.717, 1.165) is 48.0 Å². The van der Waals surface area contributed by atoms with E-state index in [2.05, 4.69) is 6.92 Å². The van der Waals surface area contributed by atoms with Gasteiger partial charge in [0.25, 0.3) is 0 Å². The maximum Gasteiger partial charge on any atom is 0.130 e. The van der Waals surface area contributed by atoms with Crippen LogP contribution in [0.25, 0.3) is 0 Å². The van der Waals surface area contributed by atoms with E-state index >= 15 is 0 Å². The van der Waals surface area contributed by atoms with Gasteiger partial charge in [-0.05, 0) is 105 Å². The van der Waals surface area contributed by atoms with Gasteiger partial charge in [-0.15, -0.1) is 0 Å². The second-order valence-corrected chi connectivity index (χ2v) is 9.51. The van der Waals surface area contributed by atoms with E-state index in [1.165, 1.54) is 51.4 Å². The van der Waals surface area contributed by atoms with E-state index in [4.69, 9.17) is 4.74 Å². The molecule has 0 spiro atoms. The van der Waals surface area contributed by atoms with E-state index < -0.39 is 0 Å². The molecule has 3 saturated carbocycles. The van der Waals surface area contributed by atoms with Crippen molar-refractivity contribution in [3.63, 3.8) is 0 Å². The Kier molecular flexibility index (Phi) is 5.57. The molecule has 1 aromatic carbocycles. The third-order valence-electron chi connectivity index (χ3n) is 8.00. The first-order chi connectivity index (χ1) is 12.6. The lowest BCUT2D eigenvalue weighted by molar-refractivity contribution is 0.0671. The summed E-state index contributed by atoms with van der Waals surface area (Å²) in [7, 11) is 1.60. The molecule has 3 fully saturated rings. The van der Waals surface area contributed by atoms with Crippen LogP contribution in [0, 0.1) is 35.4 Å². The Hall–Kier alpha value is -1.05. The maximum atomic E-state index is 14.4. The number of fused-ring (bicyclic) bond motifs is 1. The minimum atomic E-state index is -0.0790. The van der Waals surface area contributed by atoms with Crippen LogP contribution in [0.3, 0.4) is 0 Å². The summed E-state index contributed by atoms with van der Waals surface area (Å²) < 4.78 is 19.6. The lowest BCUT2D eigenvalue weighted by Crippen LogP contribution is -2.34. The van der Waals surface area contributed by atoms with Gasteiger partial charge in [-0.1, -0.05) is 19.4 Å². The van der Waals surface area contributed by atoms with Crippen molar-refractivity contribution >= 4 is 0 Å². The Bertz CT molecular complexity index is 604. The Labute approximate surface area is 158 Å². The number of hydrogen-bond acceptors (Lipinski definition) is 1. The van der Waals surface area contributed by atoms with Crippen molar-refractivity contribution in [1.29, 1.82) is 0 Å². The quantitative estimate of drug-likeness (QED) is 0.567. The van der Waals surface area contributed by atoms with Crippen LogP contribution in [0.1, 0.15) is 82.6 Å². The van der Waals surface area contributed by atoms with Crippen LogP contribution in [-0.4, -0.2) is 7.11 Å². The zero-order valence-corrected chi connectivity index (χ0v) is 16.6. The Balaban J connectivity index is 1.33. The molecule has 0 bridgehead atoms. The third-order valence-corrected chi connectivity index (χ3v) is 8.00. The van der Waals surface area contributed by atoms with Gasteiger partial charge in [0, 0.05) is 6.07 Å². The van der Waals surface area contributed by atoms with E-state index in [0.29, 0.717) is 11.7 Å². The largest absolute Gasteiger partial charge is 0.497 e. The SMILES string of the molecule is COc1ccc(C2CCC(C3CCC4CC(C)CCC4C3)CC2)c(F)c1. The first kappa shape index (κ1) is 18.3. The summed E-state index contributed by atoms with van der Waals surface area (Å²) in [6.07, 6.45) is 13.8. The van der Waals surface area contributed by atoms with Crippen molar-refractivity contribution in [1.82, 2.24) is 0 Å². The predicted molar refractivity (Wildman–Crippen MR) is 105 cm³/mol. The van der Waals surface area contributed by atoms with E-state index in [9.17, 15) is 4.39 Å². The minimum Gasteiger partial charge on any atom is -0.497 e. The summed E-state index contributed by atoms with van der Waals surface area (Å²) in [5.41, 5.74) is 0.911. The Morgan fingerprint density at radius 2 is 1.42 bits per heavy atom. The normalized spacial score (nSPS) is 37.8. The summed E-state index contributed by atoms with van der Waals surface area (Å²) in [5, 5.41) is 0. The molecule has 0 saturated heterocycles. The molecule has 4 unspecified atom stereocenters. The highest BCUT2D eigenvalue weighted by Crippen LogP contribution is 2.50. The van der Waals surface area contributed by atoms with Crippen LogP contribution in [0.5, 0.6) is 5.75 Å². The zero-order valence-electron chi connectivity index (χ0n) is 16.6. The fourth-order valence-electron chi connectivity index (χ4n) is 6.46. The fourth-order valence-corrected chi connectivity index (χ4v) is 6.46. The average molecular weight is 359 g/mol. The maximum absolute atomic E-state index is 14.4. The van der Waals surface area contributed by atoms with Gasteiger partial charge in [0.15, 0.2) is 0 Å². The lowest BCUT2D eigenvalue weighted by Gasteiger charge is -2.45. The summed E-state index contributed by atoms with van der Waals surface area (Å²) in [6, 6.07) is 5.41. The lowest BCUT2D eigenvalue weighted by atomic mass is 9.61. The fraction of sp³-hybridized carbons (Fsp3) is 0.750. The van der Waals surface area contributed by atoms with E-state index in [-0.39, 0.29) is 5.82 Å².